The molecule has 3 rings (SSSR count). The highest BCUT2D eigenvalue weighted by atomic mass is 79.9. The Kier molecular flexibility index (Phi) is 8.80. The first kappa shape index (κ1) is 27.3. The van der Waals surface area contributed by atoms with Crippen molar-refractivity contribution in [3.8, 4) is 5.75 Å². The summed E-state index contributed by atoms with van der Waals surface area (Å²) in [6.07, 6.45) is 0.776. The number of carbonyl (C=O) groups is 1. The van der Waals surface area contributed by atoms with Crippen LogP contribution >= 0.6 is 27.5 Å². The van der Waals surface area contributed by atoms with Crippen molar-refractivity contribution in [1.82, 2.24) is 9.66 Å². The van der Waals surface area contributed by atoms with Crippen LogP contribution in [-0.2, 0) is 9.53 Å². The Morgan fingerprint density at radius 1 is 1.31 bits per heavy atom. The van der Waals surface area contributed by atoms with Gasteiger partial charge in [-0.3, -0.25) is 14.9 Å². The number of halogens is 2. The molecule has 12 heteroatoms. The molecule has 3 aromatic rings. The molecule has 0 fully saturated rings. The number of rotatable bonds is 9. The zero-order chi connectivity index (χ0) is 26.6. The monoisotopic (exact) mass is 578 g/mol. The third-order valence-corrected chi connectivity index (χ3v) is 6.08. The van der Waals surface area contributed by atoms with Gasteiger partial charge in [0.25, 0.3) is 5.56 Å². The molecular formula is C24H24BrClN4O6. The van der Waals surface area contributed by atoms with Crippen molar-refractivity contribution in [2.24, 2.45) is 5.10 Å². The average molecular weight is 580 g/mol. The Bertz CT molecular complexity index is 1410. The van der Waals surface area contributed by atoms with Gasteiger partial charge in [0.05, 0.1) is 28.6 Å². The van der Waals surface area contributed by atoms with Crippen molar-refractivity contribution in [2.45, 2.75) is 46.1 Å². The SMILES string of the molecule is CCOC(=O)[C@H](C)Oc1c(C=Nn2c([C@@H](C)CC)nc3ccc(Br)cc3c2=O)cc(Cl)cc1[N+](=O)[O-]. The summed E-state index contributed by atoms with van der Waals surface area (Å²) in [5.41, 5.74) is -0.251. The van der Waals surface area contributed by atoms with Crippen molar-refractivity contribution in [3.63, 3.8) is 0 Å². The fourth-order valence-corrected chi connectivity index (χ4v) is 3.93. The Morgan fingerprint density at radius 3 is 2.67 bits per heavy atom. The first-order valence-corrected chi connectivity index (χ1v) is 12.3. The Balaban J connectivity index is 2.20. The zero-order valence-electron chi connectivity index (χ0n) is 20.0. The molecule has 0 saturated carbocycles. The number of benzene rings is 2. The van der Waals surface area contributed by atoms with E-state index in [2.05, 4.69) is 26.0 Å². The van der Waals surface area contributed by atoms with E-state index in [1.54, 1.807) is 25.1 Å². The first-order chi connectivity index (χ1) is 17.1. The molecule has 1 aromatic heterocycles. The number of nitro groups is 1. The van der Waals surface area contributed by atoms with Gasteiger partial charge in [0, 0.05) is 27.0 Å². The maximum Gasteiger partial charge on any atom is 0.347 e. The molecule has 0 N–H and O–H groups in total. The molecule has 2 aromatic carbocycles. The molecule has 2 atom stereocenters. The predicted molar refractivity (Wildman–Crippen MR) is 140 cm³/mol. The Labute approximate surface area is 220 Å². The van der Waals surface area contributed by atoms with Gasteiger partial charge < -0.3 is 9.47 Å². The number of hydrogen-bond donors (Lipinski definition) is 0. The molecule has 0 spiro atoms. The summed E-state index contributed by atoms with van der Waals surface area (Å²) in [5, 5.41) is 16.5. The highest BCUT2D eigenvalue weighted by Crippen LogP contribution is 2.34. The fourth-order valence-electron chi connectivity index (χ4n) is 3.34. The summed E-state index contributed by atoms with van der Waals surface area (Å²) in [7, 11) is 0. The number of nitro benzene ring substituents is 1. The van der Waals surface area contributed by atoms with E-state index >= 15 is 0 Å². The summed E-state index contributed by atoms with van der Waals surface area (Å²) >= 11 is 9.49. The topological polar surface area (TPSA) is 126 Å². The lowest BCUT2D eigenvalue weighted by Gasteiger charge is -2.16. The zero-order valence-corrected chi connectivity index (χ0v) is 22.4. The van der Waals surface area contributed by atoms with Gasteiger partial charge >= 0.3 is 11.7 Å². The van der Waals surface area contributed by atoms with E-state index < -0.39 is 28.2 Å². The average Bonchev–Trinajstić information content (AvgIpc) is 2.84. The van der Waals surface area contributed by atoms with Gasteiger partial charge in [-0.05, 0) is 44.5 Å². The van der Waals surface area contributed by atoms with Gasteiger partial charge in [-0.1, -0.05) is 41.4 Å². The van der Waals surface area contributed by atoms with Crippen LogP contribution in [0.2, 0.25) is 5.02 Å². The number of esters is 1. The Hall–Kier alpha value is -3.31. The van der Waals surface area contributed by atoms with Gasteiger partial charge in [-0.25, -0.2) is 9.78 Å². The van der Waals surface area contributed by atoms with E-state index in [4.69, 9.17) is 21.1 Å². The second-order valence-corrected chi connectivity index (χ2v) is 9.27. The molecule has 0 amide bonds. The summed E-state index contributed by atoms with van der Waals surface area (Å²) in [4.78, 5) is 41.2. The number of hydrogen-bond acceptors (Lipinski definition) is 8. The maximum atomic E-state index is 13.4. The van der Waals surface area contributed by atoms with E-state index in [1.807, 2.05) is 13.8 Å². The lowest BCUT2D eigenvalue weighted by molar-refractivity contribution is -0.386. The molecule has 0 saturated heterocycles. The summed E-state index contributed by atoms with van der Waals surface area (Å²) in [6, 6.07) is 7.69. The van der Waals surface area contributed by atoms with Crippen molar-refractivity contribution < 1.29 is 19.2 Å². The molecule has 0 aliphatic rings. The minimum Gasteiger partial charge on any atom is -0.471 e. The van der Waals surface area contributed by atoms with Crippen LogP contribution in [-0.4, -0.2) is 39.5 Å². The van der Waals surface area contributed by atoms with Crippen molar-refractivity contribution in [3.05, 3.63) is 71.7 Å². The Morgan fingerprint density at radius 2 is 2.03 bits per heavy atom. The fraction of sp³-hybridized carbons (Fsp3) is 0.333. The van der Waals surface area contributed by atoms with Crippen molar-refractivity contribution >= 4 is 56.3 Å². The number of nitrogens with zero attached hydrogens (tertiary/aromatic N) is 4. The standard InChI is InChI=1S/C24H24BrClN4O6/c1-5-13(3)22-28-19-8-7-16(25)10-18(19)23(31)29(22)27-12-15-9-17(26)11-20(30(33)34)21(15)36-14(4)24(32)35-6-2/h7-14H,5-6H2,1-4H3/t13-,14-/m0/s1. The van der Waals surface area contributed by atoms with Gasteiger partial charge in [0.1, 0.15) is 5.82 Å². The molecule has 10 nitrogen and oxygen atoms in total. The predicted octanol–water partition coefficient (Wildman–Crippen LogP) is 5.45. The molecule has 0 unspecified atom stereocenters. The van der Waals surface area contributed by atoms with Crippen LogP contribution in [0.3, 0.4) is 0 Å². The number of aromatic nitrogens is 2. The van der Waals surface area contributed by atoms with Crippen LogP contribution in [0.5, 0.6) is 5.75 Å². The first-order valence-electron chi connectivity index (χ1n) is 11.1. The molecule has 0 radical (unpaired) electrons. The van der Waals surface area contributed by atoms with E-state index in [1.165, 1.54) is 19.2 Å². The lowest BCUT2D eigenvalue weighted by Crippen LogP contribution is -2.27. The molecule has 1 heterocycles. The highest BCUT2D eigenvalue weighted by Gasteiger charge is 2.26. The van der Waals surface area contributed by atoms with E-state index in [-0.39, 0.29) is 28.9 Å². The summed E-state index contributed by atoms with van der Waals surface area (Å²) < 4.78 is 12.4. The van der Waals surface area contributed by atoms with E-state index in [0.717, 1.165) is 10.7 Å². The highest BCUT2D eigenvalue weighted by molar-refractivity contribution is 9.10. The molecule has 190 valence electrons. The van der Waals surface area contributed by atoms with Crippen LogP contribution in [0.25, 0.3) is 10.9 Å². The van der Waals surface area contributed by atoms with Gasteiger partial charge in [-0.2, -0.15) is 9.78 Å². The maximum absolute atomic E-state index is 13.4. The molecule has 36 heavy (non-hydrogen) atoms. The minimum absolute atomic E-state index is 0.0503. The number of fused-ring (bicyclic) bond motifs is 1. The van der Waals surface area contributed by atoms with Gasteiger partial charge in [0.2, 0.25) is 5.75 Å². The normalized spacial score (nSPS) is 13.1. The van der Waals surface area contributed by atoms with Crippen LogP contribution in [0.4, 0.5) is 5.69 Å². The molecule has 0 aliphatic carbocycles. The van der Waals surface area contributed by atoms with E-state index in [9.17, 15) is 19.7 Å². The van der Waals surface area contributed by atoms with Crippen LogP contribution in [0, 0.1) is 10.1 Å². The molecule has 0 bridgehead atoms. The third kappa shape index (κ3) is 5.90. The number of ether oxygens (including phenoxy) is 2. The largest absolute Gasteiger partial charge is 0.471 e. The minimum atomic E-state index is -1.14. The summed E-state index contributed by atoms with van der Waals surface area (Å²) in [5.74, 6) is -0.615. The second-order valence-electron chi connectivity index (χ2n) is 7.91. The molecule has 0 aliphatic heterocycles. The lowest BCUT2D eigenvalue weighted by atomic mass is 10.1. The summed E-state index contributed by atoms with van der Waals surface area (Å²) in [6.45, 7) is 7.04. The van der Waals surface area contributed by atoms with Crippen molar-refractivity contribution in [2.75, 3.05) is 6.61 Å². The van der Waals surface area contributed by atoms with E-state index in [0.29, 0.717) is 27.6 Å². The van der Waals surface area contributed by atoms with Crippen molar-refractivity contribution in [1.29, 1.82) is 0 Å². The number of carbonyl (C=O) groups excluding carboxylic acids is 1. The third-order valence-electron chi connectivity index (χ3n) is 5.37. The van der Waals surface area contributed by atoms with Gasteiger partial charge in [0.15, 0.2) is 6.10 Å². The van der Waals surface area contributed by atoms with Crippen LogP contribution in [0.1, 0.15) is 51.4 Å². The second kappa shape index (κ2) is 11.6. The van der Waals surface area contributed by atoms with Gasteiger partial charge in [-0.15, -0.1) is 0 Å². The smallest absolute Gasteiger partial charge is 0.347 e. The quantitative estimate of drug-likeness (QED) is 0.143. The van der Waals surface area contributed by atoms with Crippen LogP contribution in [0.15, 0.2) is 44.7 Å². The molecular weight excluding hydrogens is 556 g/mol. The van der Waals surface area contributed by atoms with Crippen LogP contribution < -0.4 is 10.3 Å².